The van der Waals surface area contributed by atoms with Crippen LogP contribution in [-0.4, -0.2) is 6.03 Å². The van der Waals surface area contributed by atoms with Crippen LogP contribution in [0, 0.1) is 10.5 Å². The summed E-state index contributed by atoms with van der Waals surface area (Å²) in [7, 11) is 0. The van der Waals surface area contributed by atoms with Gasteiger partial charge in [-0.3, -0.25) is 0 Å². The first kappa shape index (κ1) is 11.0. The molecule has 1 rings (SSSR count). The molecule has 2 amide bonds. The molecule has 0 bridgehead atoms. The molecule has 0 heterocycles. The minimum atomic E-state index is -0.274. The third-order valence-electron chi connectivity index (χ3n) is 1.67. The predicted octanol–water partition coefficient (Wildman–Crippen LogP) is 2.86. The van der Waals surface area contributed by atoms with Crippen molar-refractivity contribution in [1.82, 2.24) is 5.32 Å². The Morgan fingerprint density at radius 1 is 1.57 bits per heavy atom. The fourth-order valence-electron chi connectivity index (χ4n) is 1.02. The van der Waals surface area contributed by atoms with Crippen LogP contribution < -0.4 is 10.6 Å². The van der Waals surface area contributed by atoms with Gasteiger partial charge in [0, 0.05) is 9.26 Å². The lowest BCUT2D eigenvalue weighted by molar-refractivity contribution is 0.255. The molecule has 0 saturated heterocycles. The molecule has 0 aliphatic heterocycles. The smallest absolute Gasteiger partial charge is 0.315 e. The maximum Gasteiger partial charge on any atom is 0.323 e. The highest BCUT2D eigenvalue weighted by Gasteiger charge is 2.02. The third-order valence-corrected chi connectivity index (χ3v) is 2.34. The normalized spacial score (nSPS) is 9.29. The molecule has 0 atom stereocenters. The van der Waals surface area contributed by atoms with E-state index in [4.69, 9.17) is 0 Å². The van der Waals surface area contributed by atoms with Crippen molar-refractivity contribution in [3.63, 3.8) is 0 Å². The molecule has 1 aromatic carbocycles. The number of carbonyl (C=O) groups is 1. The average Bonchev–Trinajstić information content (AvgIpc) is 2.10. The Bertz CT molecular complexity index is 363. The van der Waals surface area contributed by atoms with Crippen LogP contribution in [0.25, 0.3) is 0 Å². The van der Waals surface area contributed by atoms with Crippen LogP contribution in [0.3, 0.4) is 0 Å². The van der Waals surface area contributed by atoms with Gasteiger partial charge in [0.05, 0.1) is 0 Å². The predicted molar refractivity (Wildman–Crippen MR) is 66.2 cm³/mol. The minimum absolute atomic E-state index is 0.274. The SMILES string of the molecule is C=CNC(=O)Nc1ccc(I)cc1C. The number of nitrogens with one attached hydrogen (secondary N) is 2. The second-order valence-electron chi connectivity index (χ2n) is 2.76. The lowest BCUT2D eigenvalue weighted by Crippen LogP contribution is -2.23. The molecule has 4 heteroatoms. The number of aryl methyl sites for hydroxylation is 1. The van der Waals surface area contributed by atoms with E-state index in [0.717, 1.165) is 14.8 Å². The van der Waals surface area contributed by atoms with Crippen molar-refractivity contribution in [2.45, 2.75) is 6.92 Å². The van der Waals surface area contributed by atoms with E-state index >= 15 is 0 Å². The molecule has 2 N–H and O–H groups in total. The van der Waals surface area contributed by atoms with E-state index in [1.54, 1.807) is 0 Å². The molecule has 74 valence electrons. The fourth-order valence-corrected chi connectivity index (χ4v) is 1.67. The second-order valence-corrected chi connectivity index (χ2v) is 4.01. The summed E-state index contributed by atoms with van der Waals surface area (Å²) >= 11 is 2.23. The van der Waals surface area contributed by atoms with Crippen molar-refractivity contribution < 1.29 is 4.79 Å². The van der Waals surface area contributed by atoms with Gasteiger partial charge in [-0.25, -0.2) is 4.79 Å². The molecule has 0 spiro atoms. The molecular formula is C10H11IN2O. The van der Waals surface area contributed by atoms with Crippen LogP contribution >= 0.6 is 22.6 Å². The van der Waals surface area contributed by atoms with Gasteiger partial charge in [0.25, 0.3) is 0 Å². The average molecular weight is 302 g/mol. The second kappa shape index (κ2) is 4.99. The van der Waals surface area contributed by atoms with Crippen LogP contribution in [-0.2, 0) is 0 Å². The van der Waals surface area contributed by atoms with Gasteiger partial charge in [0.2, 0.25) is 0 Å². The Kier molecular flexibility index (Phi) is 3.94. The Morgan fingerprint density at radius 3 is 2.86 bits per heavy atom. The van der Waals surface area contributed by atoms with Gasteiger partial charge in [0.1, 0.15) is 0 Å². The van der Waals surface area contributed by atoms with Crippen molar-refractivity contribution in [3.05, 3.63) is 40.1 Å². The number of rotatable bonds is 2. The summed E-state index contributed by atoms with van der Waals surface area (Å²) in [5, 5.41) is 5.16. The van der Waals surface area contributed by atoms with E-state index in [1.165, 1.54) is 6.20 Å². The molecule has 0 aliphatic rings. The Morgan fingerprint density at radius 2 is 2.29 bits per heavy atom. The number of carbonyl (C=O) groups excluding carboxylic acids is 1. The van der Waals surface area contributed by atoms with Crippen LogP contribution in [0.2, 0.25) is 0 Å². The molecule has 0 unspecified atom stereocenters. The summed E-state index contributed by atoms with van der Waals surface area (Å²) in [6.45, 7) is 5.36. The maximum absolute atomic E-state index is 11.2. The summed E-state index contributed by atoms with van der Waals surface area (Å²) in [5.41, 5.74) is 1.85. The van der Waals surface area contributed by atoms with Crippen LogP contribution in [0.15, 0.2) is 31.0 Å². The molecule has 0 fully saturated rings. The number of benzene rings is 1. The van der Waals surface area contributed by atoms with Gasteiger partial charge in [0.15, 0.2) is 0 Å². The van der Waals surface area contributed by atoms with Gasteiger partial charge in [-0.15, -0.1) is 0 Å². The summed E-state index contributed by atoms with van der Waals surface area (Å²) in [4.78, 5) is 11.2. The highest BCUT2D eigenvalue weighted by Crippen LogP contribution is 2.17. The molecule has 0 radical (unpaired) electrons. The largest absolute Gasteiger partial charge is 0.323 e. The first-order valence-electron chi connectivity index (χ1n) is 4.08. The first-order valence-corrected chi connectivity index (χ1v) is 5.16. The Hall–Kier alpha value is -1.04. The van der Waals surface area contributed by atoms with Crippen LogP contribution in [0.5, 0.6) is 0 Å². The monoisotopic (exact) mass is 302 g/mol. The van der Waals surface area contributed by atoms with E-state index < -0.39 is 0 Å². The molecule has 14 heavy (non-hydrogen) atoms. The van der Waals surface area contributed by atoms with E-state index in [2.05, 4.69) is 39.8 Å². The summed E-state index contributed by atoms with van der Waals surface area (Å²) in [5.74, 6) is 0. The summed E-state index contributed by atoms with van der Waals surface area (Å²) in [6, 6.07) is 5.55. The topological polar surface area (TPSA) is 41.1 Å². The van der Waals surface area contributed by atoms with Gasteiger partial charge in [-0.1, -0.05) is 6.58 Å². The zero-order chi connectivity index (χ0) is 10.6. The van der Waals surface area contributed by atoms with Crippen molar-refractivity contribution >= 4 is 34.3 Å². The van der Waals surface area contributed by atoms with Crippen LogP contribution in [0.4, 0.5) is 10.5 Å². The highest BCUT2D eigenvalue weighted by molar-refractivity contribution is 14.1. The Labute approximate surface area is 96.7 Å². The standard InChI is InChI=1S/C10H11IN2O/c1-3-12-10(14)13-9-5-4-8(11)6-7(9)2/h3-6H,1H2,2H3,(H2,12,13,14). The van der Waals surface area contributed by atoms with E-state index in [0.29, 0.717) is 0 Å². The number of halogens is 1. The van der Waals surface area contributed by atoms with Gasteiger partial charge in [-0.2, -0.15) is 0 Å². The third kappa shape index (κ3) is 3.02. The quantitative estimate of drug-likeness (QED) is 0.810. The number of urea groups is 1. The van der Waals surface area contributed by atoms with Crippen molar-refractivity contribution in [3.8, 4) is 0 Å². The number of hydrogen-bond donors (Lipinski definition) is 2. The number of anilines is 1. The van der Waals surface area contributed by atoms with E-state index in [9.17, 15) is 4.79 Å². The molecule has 0 aliphatic carbocycles. The zero-order valence-corrected chi connectivity index (χ0v) is 9.96. The van der Waals surface area contributed by atoms with E-state index in [1.807, 2.05) is 25.1 Å². The molecule has 1 aromatic rings. The Balaban J connectivity index is 2.76. The summed E-state index contributed by atoms with van der Waals surface area (Å²) < 4.78 is 1.15. The zero-order valence-electron chi connectivity index (χ0n) is 7.80. The van der Waals surface area contributed by atoms with Gasteiger partial charge in [-0.05, 0) is 59.5 Å². The first-order chi connectivity index (χ1) is 6.63. The van der Waals surface area contributed by atoms with Crippen LogP contribution in [0.1, 0.15) is 5.56 Å². The molecule has 0 aromatic heterocycles. The molecule has 0 saturated carbocycles. The highest BCUT2D eigenvalue weighted by atomic mass is 127. The van der Waals surface area contributed by atoms with Crippen molar-refractivity contribution in [2.75, 3.05) is 5.32 Å². The number of hydrogen-bond acceptors (Lipinski definition) is 1. The van der Waals surface area contributed by atoms with Crippen molar-refractivity contribution in [1.29, 1.82) is 0 Å². The summed E-state index contributed by atoms with van der Waals surface area (Å²) in [6.07, 6.45) is 1.34. The number of amides is 2. The molecular weight excluding hydrogens is 291 g/mol. The van der Waals surface area contributed by atoms with E-state index in [-0.39, 0.29) is 6.03 Å². The van der Waals surface area contributed by atoms with Crippen molar-refractivity contribution in [2.24, 2.45) is 0 Å². The lowest BCUT2D eigenvalue weighted by atomic mass is 10.2. The van der Waals surface area contributed by atoms with Gasteiger partial charge < -0.3 is 10.6 Å². The molecule has 3 nitrogen and oxygen atoms in total. The lowest BCUT2D eigenvalue weighted by Gasteiger charge is -2.07. The minimum Gasteiger partial charge on any atom is -0.315 e. The maximum atomic E-state index is 11.2. The fraction of sp³-hybridized carbons (Fsp3) is 0.100. The van der Waals surface area contributed by atoms with Gasteiger partial charge >= 0.3 is 6.03 Å².